The van der Waals surface area contributed by atoms with E-state index in [1.54, 1.807) is 45.0 Å². The van der Waals surface area contributed by atoms with Crippen molar-refractivity contribution in [3.05, 3.63) is 71.8 Å². The SMILES string of the molecule is CN(CC(=O)NCC(=O)NNC(=O)OC(C)(C)C)C(=O)CN(OCc1ccccc1)C(=O)[C@H]1CCCN(C(=O)OCc2ccccc2)N1. The maximum absolute atomic E-state index is 13.6. The van der Waals surface area contributed by atoms with Gasteiger partial charge in [0, 0.05) is 13.6 Å². The van der Waals surface area contributed by atoms with Gasteiger partial charge in [0.1, 0.15) is 31.4 Å². The van der Waals surface area contributed by atoms with Gasteiger partial charge >= 0.3 is 12.2 Å². The van der Waals surface area contributed by atoms with Crippen molar-refractivity contribution < 1.29 is 43.1 Å². The molecule has 1 heterocycles. The van der Waals surface area contributed by atoms with E-state index in [4.69, 9.17) is 14.3 Å². The van der Waals surface area contributed by atoms with Gasteiger partial charge in [-0.25, -0.2) is 30.5 Å². The number of benzene rings is 2. The van der Waals surface area contributed by atoms with Crippen LogP contribution >= 0.6 is 0 Å². The Labute approximate surface area is 278 Å². The number of nitrogens with zero attached hydrogens (tertiary/aromatic N) is 3. The number of amides is 6. The second kappa shape index (κ2) is 18.2. The van der Waals surface area contributed by atoms with Gasteiger partial charge in [-0.2, -0.15) is 0 Å². The number of carbonyl (C=O) groups excluding carboxylic acids is 6. The molecule has 16 heteroatoms. The van der Waals surface area contributed by atoms with E-state index in [-0.39, 0.29) is 13.2 Å². The van der Waals surface area contributed by atoms with Crippen LogP contribution in [0.1, 0.15) is 44.7 Å². The lowest BCUT2D eigenvalue weighted by Gasteiger charge is -2.35. The van der Waals surface area contributed by atoms with Gasteiger partial charge in [-0.05, 0) is 44.7 Å². The van der Waals surface area contributed by atoms with Crippen LogP contribution in [0.5, 0.6) is 0 Å². The fraction of sp³-hybridized carbons (Fsp3) is 0.438. The molecule has 6 amide bonds. The van der Waals surface area contributed by atoms with Crippen molar-refractivity contribution in [2.24, 2.45) is 0 Å². The van der Waals surface area contributed by atoms with E-state index in [9.17, 15) is 28.8 Å². The summed E-state index contributed by atoms with van der Waals surface area (Å²) in [5.74, 6) is -2.61. The standard InChI is InChI=1S/C32H43N7O9/c1-32(2,3)48-30(44)35-34-26(40)18-33-27(41)19-37(4)28(42)20-39(47-22-24-14-9-6-10-15-24)29(43)25-16-11-17-38(36-25)31(45)46-21-23-12-7-5-8-13-23/h5-10,12-15,25,36H,11,16-22H2,1-4H3,(H,33,41)(H,34,40)(H,35,44)/t25-/m1/s1. The number of carbonyl (C=O) groups is 6. The molecule has 1 aliphatic heterocycles. The van der Waals surface area contributed by atoms with E-state index >= 15 is 0 Å². The van der Waals surface area contributed by atoms with Crippen LogP contribution in [-0.4, -0.2) is 95.7 Å². The molecule has 1 aliphatic rings. The van der Waals surface area contributed by atoms with Gasteiger partial charge in [-0.15, -0.1) is 0 Å². The smallest absolute Gasteiger partial charge is 0.426 e. The van der Waals surface area contributed by atoms with Crippen LogP contribution in [0.25, 0.3) is 0 Å². The Kier molecular flexibility index (Phi) is 14.1. The largest absolute Gasteiger partial charge is 0.444 e. The number of hydrogen-bond acceptors (Lipinski definition) is 10. The lowest BCUT2D eigenvalue weighted by molar-refractivity contribution is -0.198. The van der Waals surface area contributed by atoms with E-state index in [2.05, 4.69) is 21.6 Å². The molecule has 0 aromatic heterocycles. The third-order valence-corrected chi connectivity index (χ3v) is 6.62. The highest BCUT2D eigenvalue weighted by Crippen LogP contribution is 2.14. The van der Waals surface area contributed by atoms with Crippen molar-refractivity contribution >= 4 is 35.8 Å². The predicted octanol–water partition coefficient (Wildman–Crippen LogP) is 1.38. The van der Waals surface area contributed by atoms with Gasteiger partial charge in [0.05, 0.1) is 13.1 Å². The topological polar surface area (TPSA) is 188 Å². The second-order valence-electron chi connectivity index (χ2n) is 11.9. The fourth-order valence-corrected chi connectivity index (χ4v) is 4.23. The molecule has 0 unspecified atom stereocenters. The Morgan fingerprint density at radius 2 is 1.50 bits per heavy atom. The molecular formula is C32H43N7O9. The summed E-state index contributed by atoms with van der Waals surface area (Å²) in [6, 6.07) is 17.3. The zero-order chi connectivity index (χ0) is 35.1. The Balaban J connectivity index is 1.54. The second-order valence-corrected chi connectivity index (χ2v) is 11.9. The summed E-state index contributed by atoms with van der Waals surface area (Å²) in [6.45, 7) is 3.86. The number of nitrogens with one attached hydrogen (secondary N) is 4. The molecule has 260 valence electrons. The summed E-state index contributed by atoms with van der Waals surface area (Å²) in [5, 5.41) is 4.48. The first-order valence-corrected chi connectivity index (χ1v) is 15.3. The highest BCUT2D eigenvalue weighted by Gasteiger charge is 2.34. The zero-order valence-electron chi connectivity index (χ0n) is 27.5. The number of hydroxylamine groups is 2. The Bertz CT molecular complexity index is 1400. The van der Waals surface area contributed by atoms with Crippen molar-refractivity contribution in [2.45, 2.75) is 58.5 Å². The van der Waals surface area contributed by atoms with Crippen LogP contribution in [0.4, 0.5) is 9.59 Å². The summed E-state index contributed by atoms with van der Waals surface area (Å²) in [5.41, 5.74) is 7.84. The van der Waals surface area contributed by atoms with Crippen LogP contribution in [0.3, 0.4) is 0 Å². The summed E-state index contributed by atoms with van der Waals surface area (Å²) in [7, 11) is 1.36. The molecule has 1 fully saturated rings. The highest BCUT2D eigenvalue weighted by molar-refractivity contribution is 5.90. The minimum Gasteiger partial charge on any atom is -0.444 e. The fourth-order valence-electron chi connectivity index (χ4n) is 4.23. The molecule has 0 aliphatic carbocycles. The van der Waals surface area contributed by atoms with Gasteiger partial charge in [0.2, 0.25) is 11.8 Å². The quantitative estimate of drug-likeness (QED) is 0.241. The number of rotatable bonds is 12. The van der Waals surface area contributed by atoms with Crippen molar-refractivity contribution in [3.8, 4) is 0 Å². The molecule has 2 aromatic carbocycles. The highest BCUT2D eigenvalue weighted by atomic mass is 16.7. The van der Waals surface area contributed by atoms with Gasteiger partial charge < -0.3 is 19.7 Å². The van der Waals surface area contributed by atoms with Crippen LogP contribution in [-0.2, 0) is 46.7 Å². The molecule has 0 radical (unpaired) electrons. The van der Waals surface area contributed by atoms with Crippen LogP contribution in [0, 0.1) is 0 Å². The number of hydrazine groups is 2. The van der Waals surface area contributed by atoms with E-state index < -0.39 is 67.1 Å². The van der Waals surface area contributed by atoms with Crippen molar-refractivity contribution in [2.75, 3.05) is 33.2 Å². The first-order valence-electron chi connectivity index (χ1n) is 15.3. The van der Waals surface area contributed by atoms with Gasteiger partial charge in [0.15, 0.2) is 0 Å². The molecule has 4 N–H and O–H groups in total. The Hall–Kier alpha value is -5.22. The third-order valence-electron chi connectivity index (χ3n) is 6.62. The summed E-state index contributed by atoms with van der Waals surface area (Å²) >= 11 is 0. The number of likely N-dealkylation sites (N-methyl/N-ethyl adjacent to an activating group) is 1. The Morgan fingerprint density at radius 1 is 0.875 bits per heavy atom. The molecule has 48 heavy (non-hydrogen) atoms. The average Bonchev–Trinajstić information content (AvgIpc) is 3.06. The van der Waals surface area contributed by atoms with Crippen molar-refractivity contribution in [3.63, 3.8) is 0 Å². The summed E-state index contributed by atoms with van der Waals surface area (Å²) < 4.78 is 10.4. The van der Waals surface area contributed by atoms with Crippen LogP contribution in [0.15, 0.2) is 60.7 Å². The van der Waals surface area contributed by atoms with Crippen molar-refractivity contribution in [1.29, 1.82) is 0 Å². The minimum atomic E-state index is -0.895. The molecule has 0 bridgehead atoms. The average molecular weight is 670 g/mol. The molecule has 0 spiro atoms. The van der Waals surface area contributed by atoms with Crippen LogP contribution in [0.2, 0.25) is 0 Å². The normalized spacial score (nSPS) is 14.2. The molecular weight excluding hydrogens is 626 g/mol. The molecule has 16 nitrogen and oxygen atoms in total. The zero-order valence-corrected chi connectivity index (χ0v) is 27.5. The van der Waals surface area contributed by atoms with Gasteiger partial charge in [-0.1, -0.05) is 60.7 Å². The van der Waals surface area contributed by atoms with E-state index in [0.717, 1.165) is 21.1 Å². The Morgan fingerprint density at radius 3 is 2.12 bits per heavy atom. The minimum absolute atomic E-state index is 0.0218. The summed E-state index contributed by atoms with van der Waals surface area (Å²) in [4.78, 5) is 82.5. The molecule has 1 atom stereocenters. The first-order chi connectivity index (χ1) is 22.8. The molecule has 1 saturated heterocycles. The first kappa shape index (κ1) is 37.2. The predicted molar refractivity (Wildman–Crippen MR) is 171 cm³/mol. The number of ether oxygens (including phenoxy) is 2. The van der Waals surface area contributed by atoms with Gasteiger partial charge in [0.25, 0.3) is 11.8 Å². The van der Waals surface area contributed by atoms with E-state index in [1.807, 2.05) is 36.4 Å². The lowest BCUT2D eigenvalue weighted by Crippen LogP contribution is -2.59. The van der Waals surface area contributed by atoms with Crippen molar-refractivity contribution in [1.82, 2.24) is 36.6 Å². The number of hydrogen-bond donors (Lipinski definition) is 4. The third kappa shape index (κ3) is 13.3. The maximum atomic E-state index is 13.6. The van der Waals surface area contributed by atoms with E-state index in [1.165, 1.54) is 12.1 Å². The van der Waals surface area contributed by atoms with Gasteiger partial charge in [-0.3, -0.25) is 29.4 Å². The monoisotopic (exact) mass is 669 g/mol. The van der Waals surface area contributed by atoms with E-state index in [0.29, 0.717) is 19.4 Å². The van der Waals surface area contributed by atoms with Crippen LogP contribution < -0.4 is 21.6 Å². The molecule has 3 rings (SSSR count). The lowest BCUT2D eigenvalue weighted by atomic mass is 10.1. The summed E-state index contributed by atoms with van der Waals surface area (Å²) in [6.07, 6.45) is -0.667. The molecule has 2 aromatic rings. The molecule has 0 saturated carbocycles. The maximum Gasteiger partial charge on any atom is 0.426 e.